The van der Waals surface area contributed by atoms with E-state index in [1.165, 1.54) is 4.90 Å². The number of fused-ring (bicyclic) bond motifs is 1. The summed E-state index contributed by atoms with van der Waals surface area (Å²) in [4.78, 5) is 47.0. The number of carbonyl (C=O) groups excluding carboxylic acids is 3. The molecular formula is C23H21ClN4O4S. The van der Waals surface area contributed by atoms with E-state index < -0.39 is 0 Å². The number of anilines is 2. The molecule has 0 N–H and O–H groups in total. The third kappa shape index (κ3) is 3.91. The van der Waals surface area contributed by atoms with Crippen LogP contribution in [-0.2, 0) is 9.59 Å². The average Bonchev–Trinajstić information content (AvgIpc) is 3.41. The van der Waals surface area contributed by atoms with Crippen molar-refractivity contribution < 1.29 is 19.1 Å². The number of amides is 3. The fourth-order valence-electron chi connectivity index (χ4n) is 4.19. The minimum absolute atomic E-state index is 0.117. The molecule has 2 aliphatic heterocycles. The van der Waals surface area contributed by atoms with Crippen LogP contribution in [0, 0.1) is 0 Å². The van der Waals surface area contributed by atoms with Gasteiger partial charge in [-0.1, -0.05) is 29.0 Å². The normalized spacial score (nSPS) is 16.7. The Bertz CT molecular complexity index is 1250. The highest BCUT2D eigenvalue weighted by Crippen LogP contribution is 2.38. The molecule has 2 aromatic carbocycles. The van der Waals surface area contributed by atoms with Gasteiger partial charge in [0, 0.05) is 44.6 Å². The van der Waals surface area contributed by atoms with Crippen LogP contribution in [-0.4, -0.2) is 60.9 Å². The zero-order valence-corrected chi connectivity index (χ0v) is 19.5. The molecule has 2 fully saturated rings. The number of methoxy groups -OCH3 is 1. The lowest BCUT2D eigenvalue weighted by Gasteiger charge is -2.34. The lowest BCUT2D eigenvalue weighted by atomic mass is 10.1. The Hall–Kier alpha value is -3.17. The number of hydrogen-bond acceptors (Lipinski definition) is 7. The second-order valence-electron chi connectivity index (χ2n) is 7.88. The molecule has 0 bridgehead atoms. The first kappa shape index (κ1) is 21.7. The van der Waals surface area contributed by atoms with Gasteiger partial charge < -0.3 is 14.5 Å². The molecule has 0 radical (unpaired) electrons. The van der Waals surface area contributed by atoms with Gasteiger partial charge in [-0.25, -0.2) is 4.98 Å². The van der Waals surface area contributed by atoms with Crippen LogP contribution in [0.3, 0.4) is 0 Å². The molecule has 0 spiro atoms. The standard InChI is InChI=1S/C23H21ClN4O4S/c1-32-21-16(24)5-6-17-20(21)25-23(33-17)27-11-9-26(10-12-27)22(31)14-3-2-4-15(13-14)28-18(29)7-8-19(28)30/h2-6,13H,7-12H2,1H3. The zero-order valence-electron chi connectivity index (χ0n) is 17.9. The predicted octanol–water partition coefficient (Wildman–Crippen LogP) is 3.57. The molecule has 2 aliphatic rings. The third-order valence-electron chi connectivity index (χ3n) is 5.90. The van der Waals surface area contributed by atoms with Crippen LogP contribution in [0.25, 0.3) is 10.2 Å². The Balaban J connectivity index is 1.29. The number of imide groups is 1. The van der Waals surface area contributed by atoms with Gasteiger partial charge in [-0.05, 0) is 30.3 Å². The fourth-order valence-corrected chi connectivity index (χ4v) is 5.43. The summed E-state index contributed by atoms with van der Waals surface area (Å²) >= 11 is 7.79. The molecule has 0 atom stereocenters. The summed E-state index contributed by atoms with van der Waals surface area (Å²) in [5.41, 5.74) is 1.66. The summed E-state index contributed by atoms with van der Waals surface area (Å²) in [5.74, 6) is -0.00685. The largest absolute Gasteiger partial charge is 0.493 e. The molecule has 10 heteroatoms. The van der Waals surface area contributed by atoms with Gasteiger partial charge >= 0.3 is 0 Å². The molecule has 0 unspecified atom stereocenters. The van der Waals surface area contributed by atoms with Gasteiger partial charge in [0.25, 0.3) is 5.91 Å². The van der Waals surface area contributed by atoms with Crippen molar-refractivity contribution in [3.8, 4) is 5.75 Å². The van der Waals surface area contributed by atoms with E-state index in [-0.39, 0.29) is 30.6 Å². The maximum Gasteiger partial charge on any atom is 0.254 e. The van der Waals surface area contributed by atoms with E-state index in [4.69, 9.17) is 21.3 Å². The minimum Gasteiger partial charge on any atom is -0.493 e. The van der Waals surface area contributed by atoms with E-state index in [2.05, 4.69) is 4.90 Å². The van der Waals surface area contributed by atoms with E-state index >= 15 is 0 Å². The second kappa shape index (κ2) is 8.64. The summed E-state index contributed by atoms with van der Waals surface area (Å²) in [7, 11) is 1.58. The van der Waals surface area contributed by atoms with E-state index in [0.29, 0.717) is 48.2 Å². The molecule has 170 valence electrons. The Morgan fingerprint density at radius 2 is 1.79 bits per heavy atom. The Morgan fingerprint density at radius 3 is 2.48 bits per heavy atom. The smallest absolute Gasteiger partial charge is 0.254 e. The summed E-state index contributed by atoms with van der Waals surface area (Å²) in [6, 6.07) is 10.5. The molecule has 3 heterocycles. The number of rotatable bonds is 4. The molecule has 1 aromatic heterocycles. The summed E-state index contributed by atoms with van der Waals surface area (Å²) in [6.45, 7) is 2.37. The first-order valence-corrected chi connectivity index (χ1v) is 11.8. The van der Waals surface area contributed by atoms with Crippen LogP contribution in [0.5, 0.6) is 5.75 Å². The van der Waals surface area contributed by atoms with E-state index in [0.717, 1.165) is 15.3 Å². The number of halogens is 1. The van der Waals surface area contributed by atoms with Crippen molar-refractivity contribution in [2.24, 2.45) is 0 Å². The van der Waals surface area contributed by atoms with Crippen molar-refractivity contribution in [2.45, 2.75) is 12.8 Å². The van der Waals surface area contributed by atoms with E-state index in [1.54, 1.807) is 53.7 Å². The van der Waals surface area contributed by atoms with Gasteiger partial charge in [0.2, 0.25) is 11.8 Å². The summed E-state index contributed by atoms with van der Waals surface area (Å²) in [6.07, 6.45) is 0.422. The van der Waals surface area contributed by atoms with Crippen LogP contribution in [0.2, 0.25) is 5.02 Å². The third-order valence-corrected chi connectivity index (χ3v) is 7.28. The maximum atomic E-state index is 13.1. The number of thiazole rings is 1. The number of ether oxygens (including phenoxy) is 1. The number of aromatic nitrogens is 1. The predicted molar refractivity (Wildman–Crippen MR) is 127 cm³/mol. The van der Waals surface area contributed by atoms with Crippen molar-refractivity contribution in [1.82, 2.24) is 9.88 Å². The topological polar surface area (TPSA) is 83.0 Å². The van der Waals surface area contributed by atoms with Gasteiger partial charge in [0.1, 0.15) is 5.52 Å². The zero-order chi connectivity index (χ0) is 23.1. The molecule has 2 saturated heterocycles. The number of hydrogen-bond donors (Lipinski definition) is 0. The number of piperazine rings is 1. The number of carbonyl (C=O) groups is 3. The monoisotopic (exact) mass is 484 g/mol. The number of nitrogens with zero attached hydrogens (tertiary/aromatic N) is 4. The molecule has 3 amide bonds. The Morgan fingerprint density at radius 1 is 1.06 bits per heavy atom. The molecular weight excluding hydrogens is 464 g/mol. The lowest BCUT2D eigenvalue weighted by molar-refractivity contribution is -0.121. The molecule has 5 rings (SSSR count). The van der Waals surface area contributed by atoms with Crippen molar-refractivity contribution in [3.05, 3.63) is 47.0 Å². The summed E-state index contributed by atoms with van der Waals surface area (Å²) < 4.78 is 6.40. The van der Waals surface area contributed by atoms with Crippen LogP contribution in [0.4, 0.5) is 10.8 Å². The van der Waals surface area contributed by atoms with Gasteiger partial charge in [0.05, 0.1) is 22.5 Å². The summed E-state index contributed by atoms with van der Waals surface area (Å²) in [5, 5.41) is 1.39. The van der Waals surface area contributed by atoms with Gasteiger partial charge in [-0.3, -0.25) is 19.3 Å². The van der Waals surface area contributed by atoms with Crippen LogP contribution < -0.4 is 14.5 Å². The van der Waals surface area contributed by atoms with Gasteiger partial charge in [0.15, 0.2) is 10.9 Å². The maximum absolute atomic E-state index is 13.1. The SMILES string of the molecule is COc1c(Cl)ccc2sc(N3CCN(C(=O)c4cccc(N5C(=O)CCC5=O)c4)CC3)nc12. The highest BCUT2D eigenvalue weighted by molar-refractivity contribution is 7.22. The second-order valence-corrected chi connectivity index (χ2v) is 9.29. The van der Waals surface area contributed by atoms with Crippen molar-refractivity contribution >= 4 is 61.7 Å². The van der Waals surface area contributed by atoms with E-state index in [9.17, 15) is 14.4 Å². The minimum atomic E-state index is -0.230. The molecule has 0 aliphatic carbocycles. The van der Waals surface area contributed by atoms with Gasteiger partial charge in [-0.15, -0.1) is 0 Å². The van der Waals surface area contributed by atoms with Crippen LogP contribution in [0.1, 0.15) is 23.2 Å². The molecule has 0 saturated carbocycles. The fraction of sp³-hybridized carbons (Fsp3) is 0.304. The highest BCUT2D eigenvalue weighted by atomic mass is 35.5. The van der Waals surface area contributed by atoms with Crippen molar-refractivity contribution in [1.29, 1.82) is 0 Å². The van der Waals surface area contributed by atoms with Crippen molar-refractivity contribution in [2.75, 3.05) is 43.1 Å². The Kier molecular flexibility index (Phi) is 5.67. The van der Waals surface area contributed by atoms with Crippen molar-refractivity contribution in [3.63, 3.8) is 0 Å². The van der Waals surface area contributed by atoms with Crippen LogP contribution >= 0.6 is 22.9 Å². The van der Waals surface area contributed by atoms with Crippen LogP contribution in [0.15, 0.2) is 36.4 Å². The Labute approximate surface area is 199 Å². The van der Waals surface area contributed by atoms with Gasteiger partial charge in [-0.2, -0.15) is 0 Å². The first-order chi connectivity index (χ1) is 16.0. The lowest BCUT2D eigenvalue weighted by Crippen LogP contribution is -2.48. The average molecular weight is 485 g/mol. The highest BCUT2D eigenvalue weighted by Gasteiger charge is 2.31. The molecule has 8 nitrogen and oxygen atoms in total. The molecule has 33 heavy (non-hydrogen) atoms. The first-order valence-electron chi connectivity index (χ1n) is 10.6. The van der Waals surface area contributed by atoms with E-state index in [1.807, 2.05) is 6.07 Å². The number of benzene rings is 2. The quantitative estimate of drug-likeness (QED) is 0.526. The molecule has 3 aromatic rings.